The SMILES string of the molecule is COCCOc1cc([N+](=O)[O-])c(C(=O)Nc2cc(S(=O)(=O)NC3CC3)ccc2OC)cc1OC. The van der Waals surface area contributed by atoms with E-state index in [1.807, 2.05) is 0 Å². The molecule has 2 aromatic carbocycles. The summed E-state index contributed by atoms with van der Waals surface area (Å²) in [5.74, 6) is -0.521. The molecule has 0 heterocycles. The first-order valence-corrected chi connectivity index (χ1v) is 11.7. The Bertz CT molecular complexity index is 1180. The number of amides is 1. The van der Waals surface area contributed by atoms with Crippen LogP contribution in [0.15, 0.2) is 35.2 Å². The van der Waals surface area contributed by atoms with Gasteiger partial charge in [0, 0.05) is 19.2 Å². The zero-order chi connectivity index (χ0) is 24.9. The number of sulfonamides is 1. The molecule has 0 unspecified atom stereocenters. The Morgan fingerprint density at radius 2 is 1.76 bits per heavy atom. The summed E-state index contributed by atoms with van der Waals surface area (Å²) in [6.07, 6.45) is 1.52. The first-order valence-electron chi connectivity index (χ1n) is 10.2. The molecule has 2 N–H and O–H groups in total. The number of hydrogen-bond acceptors (Lipinski definition) is 9. The zero-order valence-electron chi connectivity index (χ0n) is 18.8. The van der Waals surface area contributed by atoms with E-state index in [1.54, 1.807) is 0 Å². The largest absolute Gasteiger partial charge is 0.495 e. The summed E-state index contributed by atoms with van der Waals surface area (Å²) in [7, 11) is 0.349. The summed E-state index contributed by atoms with van der Waals surface area (Å²) in [5, 5.41) is 14.2. The Morgan fingerprint density at radius 3 is 2.35 bits per heavy atom. The van der Waals surface area contributed by atoms with E-state index in [0.717, 1.165) is 18.9 Å². The van der Waals surface area contributed by atoms with Crippen LogP contribution < -0.4 is 24.2 Å². The quantitative estimate of drug-likeness (QED) is 0.256. The maximum Gasteiger partial charge on any atom is 0.286 e. The molecule has 1 saturated carbocycles. The maximum atomic E-state index is 13.0. The molecule has 12 nitrogen and oxygen atoms in total. The van der Waals surface area contributed by atoms with Gasteiger partial charge in [0.1, 0.15) is 17.9 Å². The van der Waals surface area contributed by atoms with Crippen molar-refractivity contribution in [3.05, 3.63) is 46.0 Å². The van der Waals surface area contributed by atoms with Gasteiger partial charge in [-0.15, -0.1) is 0 Å². The summed E-state index contributed by atoms with van der Waals surface area (Å²) in [6, 6.07) is 6.12. The van der Waals surface area contributed by atoms with Crippen LogP contribution in [-0.2, 0) is 14.8 Å². The van der Waals surface area contributed by atoms with E-state index in [1.165, 1.54) is 45.6 Å². The highest BCUT2D eigenvalue weighted by Crippen LogP contribution is 2.36. The van der Waals surface area contributed by atoms with Crippen LogP contribution in [-0.4, -0.2) is 59.8 Å². The van der Waals surface area contributed by atoms with Gasteiger partial charge in [-0.1, -0.05) is 0 Å². The molecule has 0 aromatic heterocycles. The molecule has 0 bridgehead atoms. The number of ether oxygens (including phenoxy) is 4. The summed E-state index contributed by atoms with van der Waals surface area (Å²) < 4.78 is 48.5. The second kappa shape index (κ2) is 10.7. The molecule has 1 amide bonds. The van der Waals surface area contributed by atoms with E-state index in [-0.39, 0.29) is 52.7 Å². The fraction of sp³-hybridized carbons (Fsp3) is 0.381. The average molecular weight is 496 g/mol. The molecule has 2 aromatic rings. The first kappa shape index (κ1) is 25.2. The minimum Gasteiger partial charge on any atom is -0.495 e. The standard InChI is InChI=1S/C21H25N3O9S/c1-30-8-9-33-20-12-17(24(26)27)15(11-19(20)32-3)21(25)22-16-10-14(6-7-18(16)31-2)34(28,29)23-13-4-5-13/h6-7,10-13,23H,4-5,8-9H2,1-3H3,(H,22,25). The van der Waals surface area contributed by atoms with Crippen LogP contribution in [0.2, 0.25) is 0 Å². The van der Waals surface area contributed by atoms with Crippen LogP contribution in [0, 0.1) is 10.1 Å². The molecule has 1 aliphatic carbocycles. The summed E-state index contributed by atoms with van der Waals surface area (Å²) >= 11 is 0. The van der Waals surface area contributed by atoms with Crippen molar-refractivity contribution in [1.29, 1.82) is 0 Å². The number of benzene rings is 2. The number of methoxy groups -OCH3 is 3. The third-order valence-corrected chi connectivity index (χ3v) is 6.42. The summed E-state index contributed by atoms with van der Waals surface area (Å²) in [4.78, 5) is 23.9. The highest BCUT2D eigenvalue weighted by molar-refractivity contribution is 7.89. The number of nitrogens with one attached hydrogen (secondary N) is 2. The lowest BCUT2D eigenvalue weighted by atomic mass is 10.1. The lowest BCUT2D eigenvalue weighted by Crippen LogP contribution is -2.26. The van der Waals surface area contributed by atoms with Crippen LogP contribution in [0.3, 0.4) is 0 Å². The Kier molecular flexibility index (Phi) is 7.91. The predicted molar refractivity (Wildman–Crippen MR) is 121 cm³/mol. The van der Waals surface area contributed by atoms with Gasteiger partial charge in [-0.25, -0.2) is 13.1 Å². The maximum absolute atomic E-state index is 13.0. The number of nitro benzene ring substituents is 1. The minimum absolute atomic E-state index is 0.0276. The molecule has 0 saturated heterocycles. The highest BCUT2D eigenvalue weighted by atomic mass is 32.2. The van der Waals surface area contributed by atoms with E-state index >= 15 is 0 Å². The molecule has 184 valence electrons. The van der Waals surface area contributed by atoms with Gasteiger partial charge in [-0.3, -0.25) is 14.9 Å². The van der Waals surface area contributed by atoms with E-state index in [2.05, 4.69) is 10.0 Å². The number of rotatable bonds is 12. The topological polar surface area (TPSA) is 155 Å². The highest BCUT2D eigenvalue weighted by Gasteiger charge is 2.29. The van der Waals surface area contributed by atoms with Crippen molar-refractivity contribution < 1.29 is 37.1 Å². The van der Waals surface area contributed by atoms with Gasteiger partial charge in [0.05, 0.1) is 42.4 Å². The molecule has 0 aliphatic heterocycles. The lowest BCUT2D eigenvalue weighted by Gasteiger charge is -2.15. The van der Waals surface area contributed by atoms with Crippen molar-refractivity contribution in [2.45, 2.75) is 23.8 Å². The third-order valence-electron chi connectivity index (χ3n) is 4.90. The first-order chi connectivity index (χ1) is 16.2. The number of hydrogen-bond donors (Lipinski definition) is 2. The fourth-order valence-corrected chi connectivity index (χ4v) is 4.35. The van der Waals surface area contributed by atoms with Crippen molar-refractivity contribution in [1.82, 2.24) is 4.72 Å². The molecule has 1 fully saturated rings. The van der Waals surface area contributed by atoms with E-state index in [9.17, 15) is 23.3 Å². The van der Waals surface area contributed by atoms with Crippen LogP contribution in [0.1, 0.15) is 23.2 Å². The smallest absolute Gasteiger partial charge is 0.286 e. The third kappa shape index (κ3) is 5.92. The molecular weight excluding hydrogens is 470 g/mol. The molecule has 0 radical (unpaired) electrons. The van der Waals surface area contributed by atoms with Crippen molar-refractivity contribution in [3.8, 4) is 17.2 Å². The number of nitrogens with zero attached hydrogens (tertiary/aromatic N) is 1. The fourth-order valence-electron chi connectivity index (χ4n) is 3.02. The Balaban J connectivity index is 1.95. The van der Waals surface area contributed by atoms with Gasteiger partial charge in [0.25, 0.3) is 11.6 Å². The van der Waals surface area contributed by atoms with Gasteiger partial charge in [0.15, 0.2) is 11.5 Å². The summed E-state index contributed by atoms with van der Waals surface area (Å²) in [5.41, 5.74) is -0.809. The van der Waals surface area contributed by atoms with Crippen LogP contribution in [0.5, 0.6) is 17.2 Å². The lowest BCUT2D eigenvalue weighted by molar-refractivity contribution is -0.385. The Labute approximate surface area is 196 Å². The number of nitro groups is 1. The van der Waals surface area contributed by atoms with Gasteiger partial charge in [-0.2, -0.15) is 0 Å². The van der Waals surface area contributed by atoms with E-state index in [4.69, 9.17) is 18.9 Å². The molecule has 1 aliphatic rings. The summed E-state index contributed by atoms with van der Waals surface area (Å²) in [6.45, 7) is 0.358. The molecule has 3 rings (SSSR count). The van der Waals surface area contributed by atoms with Crippen LogP contribution in [0.4, 0.5) is 11.4 Å². The molecule has 0 atom stereocenters. The van der Waals surface area contributed by atoms with Gasteiger partial charge >= 0.3 is 0 Å². The molecule has 0 spiro atoms. The number of carbonyl (C=O) groups excluding carboxylic acids is 1. The monoisotopic (exact) mass is 495 g/mol. The average Bonchev–Trinajstić information content (AvgIpc) is 3.62. The molecular formula is C21H25N3O9S. The van der Waals surface area contributed by atoms with Gasteiger partial charge in [0.2, 0.25) is 10.0 Å². The van der Waals surface area contributed by atoms with Gasteiger partial charge < -0.3 is 24.3 Å². The van der Waals surface area contributed by atoms with Crippen molar-refractivity contribution in [3.63, 3.8) is 0 Å². The van der Waals surface area contributed by atoms with E-state index in [0.29, 0.717) is 0 Å². The minimum atomic E-state index is -3.81. The van der Waals surface area contributed by atoms with Crippen LogP contribution >= 0.6 is 0 Å². The van der Waals surface area contributed by atoms with Gasteiger partial charge in [-0.05, 0) is 31.0 Å². The van der Waals surface area contributed by atoms with E-state index < -0.39 is 26.5 Å². The number of anilines is 1. The second-order valence-corrected chi connectivity index (χ2v) is 9.04. The van der Waals surface area contributed by atoms with Crippen LogP contribution in [0.25, 0.3) is 0 Å². The van der Waals surface area contributed by atoms with Crippen molar-refractivity contribution >= 4 is 27.3 Å². The predicted octanol–water partition coefficient (Wildman–Crippen LogP) is 2.33. The van der Waals surface area contributed by atoms with Crippen molar-refractivity contribution in [2.75, 3.05) is 39.9 Å². The second-order valence-electron chi connectivity index (χ2n) is 7.33. The number of carbonyl (C=O) groups is 1. The zero-order valence-corrected chi connectivity index (χ0v) is 19.6. The normalized spacial score (nSPS) is 13.3. The Morgan fingerprint density at radius 1 is 1.06 bits per heavy atom. The molecule has 34 heavy (non-hydrogen) atoms. The van der Waals surface area contributed by atoms with Crippen molar-refractivity contribution in [2.24, 2.45) is 0 Å². The Hall–Kier alpha value is -3.42. The molecule has 13 heteroatoms.